The molecular formula is C16H25NO3. The van der Waals surface area contributed by atoms with E-state index < -0.39 is 5.97 Å². The monoisotopic (exact) mass is 279 g/mol. The van der Waals surface area contributed by atoms with E-state index in [-0.39, 0.29) is 0 Å². The second-order valence-electron chi connectivity index (χ2n) is 5.04. The lowest BCUT2D eigenvalue weighted by Crippen LogP contribution is -1.98. The fourth-order valence-corrected chi connectivity index (χ4v) is 2.06. The van der Waals surface area contributed by atoms with Crippen molar-refractivity contribution in [1.82, 2.24) is 0 Å². The van der Waals surface area contributed by atoms with Crippen LogP contribution in [0.25, 0.3) is 0 Å². The third kappa shape index (κ3) is 8.40. The molecule has 0 aliphatic carbocycles. The van der Waals surface area contributed by atoms with Gasteiger partial charge in [-0.2, -0.15) is 0 Å². The van der Waals surface area contributed by atoms with E-state index in [1.165, 1.54) is 12.8 Å². The Kier molecular flexibility index (Phi) is 8.27. The summed E-state index contributed by atoms with van der Waals surface area (Å²) in [6, 6.07) is 7.49. The van der Waals surface area contributed by atoms with E-state index in [1.807, 2.05) is 24.3 Å². The van der Waals surface area contributed by atoms with Crippen LogP contribution in [0.2, 0.25) is 0 Å². The van der Waals surface area contributed by atoms with Crippen LogP contribution < -0.4 is 10.5 Å². The second-order valence-corrected chi connectivity index (χ2v) is 5.04. The van der Waals surface area contributed by atoms with Gasteiger partial charge in [-0.25, -0.2) is 0 Å². The molecule has 0 saturated heterocycles. The molecule has 1 aromatic rings. The first-order chi connectivity index (χ1) is 9.68. The maximum Gasteiger partial charge on any atom is 0.303 e. The molecule has 0 atom stereocenters. The zero-order valence-electron chi connectivity index (χ0n) is 12.0. The maximum atomic E-state index is 10.3. The number of nitrogen functional groups attached to an aromatic ring is 1. The van der Waals surface area contributed by atoms with Gasteiger partial charge in [0.15, 0.2) is 0 Å². The summed E-state index contributed by atoms with van der Waals surface area (Å²) in [5.74, 6) is 0.141. The Hall–Kier alpha value is -1.71. The summed E-state index contributed by atoms with van der Waals surface area (Å²) in [5, 5.41) is 8.50. The van der Waals surface area contributed by atoms with Crippen LogP contribution >= 0.6 is 0 Å². The fourth-order valence-electron chi connectivity index (χ4n) is 2.06. The smallest absolute Gasteiger partial charge is 0.303 e. The normalized spacial score (nSPS) is 10.4. The summed E-state index contributed by atoms with van der Waals surface area (Å²) < 4.78 is 5.61. The van der Waals surface area contributed by atoms with Crippen molar-refractivity contribution >= 4 is 11.7 Å². The summed E-state index contributed by atoms with van der Waals surface area (Å²) in [5.41, 5.74) is 6.40. The minimum atomic E-state index is -0.691. The average Bonchev–Trinajstić information content (AvgIpc) is 2.40. The van der Waals surface area contributed by atoms with Crippen LogP contribution in [-0.4, -0.2) is 17.7 Å². The lowest BCUT2D eigenvalue weighted by molar-refractivity contribution is -0.137. The van der Waals surface area contributed by atoms with Gasteiger partial charge in [-0.1, -0.05) is 38.2 Å². The molecule has 112 valence electrons. The van der Waals surface area contributed by atoms with Crippen LogP contribution in [0, 0.1) is 0 Å². The highest BCUT2D eigenvalue weighted by atomic mass is 16.5. The summed E-state index contributed by atoms with van der Waals surface area (Å²) >= 11 is 0. The van der Waals surface area contributed by atoms with Crippen molar-refractivity contribution in [2.24, 2.45) is 0 Å². The van der Waals surface area contributed by atoms with Crippen molar-refractivity contribution in [3.8, 4) is 5.75 Å². The van der Waals surface area contributed by atoms with E-state index in [0.717, 1.165) is 50.1 Å². The van der Waals surface area contributed by atoms with Gasteiger partial charge in [-0.05, 0) is 25.0 Å². The predicted molar refractivity (Wildman–Crippen MR) is 80.9 cm³/mol. The van der Waals surface area contributed by atoms with E-state index >= 15 is 0 Å². The molecule has 0 spiro atoms. The molecule has 0 bridgehead atoms. The van der Waals surface area contributed by atoms with Gasteiger partial charge in [-0.15, -0.1) is 0 Å². The Morgan fingerprint density at radius 1 is 1.05 bits per heavy atom. The second kappa shape index (κ2) is 10.1. The standard InChI is InChI=1S/C16H25NO3/c17-14-9-8-10-15(13-14)20-12-7-5-3-1-2-4-6-11-16(18)19/h8-10,13H,1-7,11-12,17H2,(H,18,19). The Labute approximate surface area is 120 Å². The highest BCUT2D eigenvalue weighted by Crippen LogP contribution is 2.15. The van der Waals surface area contributed by atoms with Crippen molar-refractivity contribution < 1.29 is 14.6 Å². The summed E-state index contributed by atoms with van der Waals surface area (Å²) in [6.07, 6.45) is 7.81. The maximum absolute atomic E-state index is 10.3. The number of carboxylic acids is 1. The van der Waals surface area contributed by atoms with Crippen molar-refractivity contribution in [1.29, 1.82) is 0 Å². The number of carboxylic acid groups (broad SMARTS) is 1. The molecule has 1 aromatic carbocycles. The Morgan fingerprint density at radius 2 is 1.70 bits per heavy atom. The number of unbranched alkanes of at least 4 members (excludes halogenated alkanes) is 6. The number of anilines is 1. The van der Waals surface area contributed by atoms with Gasteiger partial charge in [0.25, 0.3) is 0 Å². The minimum absolute atomic E-state index is 0.300. The lowest BCUT2D eigenvalue weighted by Gasteiger charge is -2.06. The zero-order valence-corrected chi connectivity index (χ0v) is 12.0. The summed E-state index contributed by atoms with van der Waals surface area (Å²) in [7, 11) is 0. The molecule has 3 N–H and O–H groups in total. The number of ether oxygens (including phenoxy) is 1. The van der Waals surface area contributed by atoms with Crippen LogP contribution in [0.15, 0.2) is 24.3 Å². The largest absolute Gasteiger partial charge is 0.494 e. The first-order valence-corrected chi connectivity index (χ1v) is 7.38. The van der Waals surface area contributed by atoms with Crippen molar-refractivity contribution in [2.75, 3.05) is 12.3 Å². The van der Waals surface area contributed by atoms with Gasteiger partial charge in [0, 0.05) is 18.2 Å². The van der Waals surface area contributed by atoms with Crippen molar-refractivity contribution in [2.45, 2.75) is 51.4 Å². The van der Waals surface area contributed by atoms with Crippen molar-refractivity contribution in [3.05, 3.63) is 24.3 Å². The first-order valence-electron chi connectivity index (χ1n) is 7.38. The van der Waals surface area contributed by atoms with Crippen LogP contribution in [-0.2, 0) is 4.79 Å². The molecule has 0 radical (unpaired) electrons. The summed E-state index contributed by atoms with van der Waals surface area (Å²) in [4.78, 5) is 10.3. The first kappa shape index (κ1) is 16.3. The molecule has 4 heteroatoms. The molecule has 1 rings (SSSR count). The van der Waals surface area contributed by atoms with Gasteiger partial charge in [0.05, 0.1) is 6.61 Å². The van der Waals surface area contributed by atoms with E-state index in [9.17, 15) is 4.79 Å². The quantitative estimate of drug-likeness (QED) is 0.476. The van der Waals surface area contributed by atoms with Gasteiger partial charge in [0.1, 0.15) is 5.75 Å². The molecule has 0 unspecified atom stereocenters. The van der Waals surface area contributed by atoms with Gasteiger partial charge in [0.2, 0.25) is 0 Å². The number of hydrogen-bond donors (Lipinski definition) is 2. The van der Waals surface area contributed by atoms with Crippen LogP contribution in [0.3, 0.4) is 0 Å². The molecule has 0 fully saturated rings. The number of aliphatic carboxylic acids is 1. The van der Waals surface area contributed by atoms with Gasteiger partial charge >= 0.3 is 5.97 Å². The highest BCUT2D eigenvalue weighted by molar-refractivity contribution is 5.66. The molecule has 0 saturated carbocycles. The van der Waals surface area contributed by atoms with Crippen LogP contribution in [0.4, 0.5) is 5.69 Å². The molecule has 0 aliphatic rings. The number of rotatable bonds is 11. The zero-order chi connectivity index (χ0) is 14.6. The van der Waals surface area contributed by atoms with Crippen LogP contribution in [0.5, 0.6) is 5.75 Å². The molecule has 20 heavy (non-hydrogen) atoms. The number of benzene rings is 1. The van der Waals surface area contributed by atoms with E-state index in [2.05, 4.69) is 0 Å². The van der Waals surface area contributed by atoms with E-state index in [4.69, 9.17) is 15.6 Å². The molecule has 0 aliphatic heterocycles. The lowest BCUT2D eigenvalue weighted by atomic mass is 10.1. The number of hydrogen-bond acceptors (Lipinski definition) is 3. The molecular weight excluding hydrogens is 254 g/mol. The highest BCUT2D eigenvalue weighted by Gasteiger charge is 1.97. The van der Waals surface area contributed by atoms with E-state index in [1.54, 1.807) is 0 Å². The third-order valence-corrected chi connectivity index (χ3v) is 3.16. The number of nitrogens with two attached hydrogens (primary N) is 1. The predicted octanol–water partition coefficient (Wildman–Crippen LogP) is 3.85. The minimum Gasteiger partial charge on any atom is -0.494 e. The Morgan fingerprint density at radius 3 is 2.35 bits per heavy atom. The van der Waals surface area contributed by atoms with Gasteiger partial charge < -0.3 is 15.6 Å². The van der Waals surface area contributed by atoms with E-state index in [0.29, 0.717) is 6.42 Å². The topological polar surface area (TPSA) is 72.5 Å². The van der Waals surface area contributed by atoms with Gasteiger partial charge in [-0.3, -0.25) is 4.79 Å². The molecule has 0 amide bonds. The molecule has 0 heterocycles. The summed E-state index contributed by atoms with van der Waals surface area (Å²) in [6.45, 7) is 0.725. The number of carbonyl (C=O) groups is 1. The third-order valence-electron chi connectivity index (χ3n) is 3.16. The SMILES string of the molecule is Nc1cccc(OCCCCCCCCCC(=O)O)c1. The Balaban J connectivity index is 1.89. The van der Waals surface area contributed by atoms with Crippen LogP contribution in [0.1, 0.15) is 51.4 Å². The Bertz CT molecular complexity index is 393. The molecule has 4 nitrogen and oxygen atoms in total. The molecule has 0 aromatic heterocycles. The fraction of sp³-hybridized carbons (Fsp3) is 0.562. The van der Waals surface area contributed by atoms with Crippen molar-refractivity contribution in [3.63, 3.8) is 0 Å². The average molecular weight is 279 g/mol.